The maximum Gasteiger partial charge on any atom is 0.162 e. The number of fused-ring (bicyclic) bond motifs is 1. The molecule has 4 rings (SSSR count). The number of hydrogen-bond donors (Lipinski definition) is 1. The lowest BCUT2D eigenvalue weighted by atomic mass is 10.1. The van der Waals surface area contributed by atoms with E-state index in [0.717, 1.165) is 22.0 Å². The summed E-state index contributed by atoms with van der Waals surface area (Å²) in [5.74, 6) is 0.885. The highest BCUT2D eigenvalue weighted by Gasteiger charge is 2.11. The molecule has 1 heterocycles. The van der Waals surface area contributed by atoms with Gasteiger partial charge in [-0.05, 0) is 37.3 Å². The molecule has 0 radical (unpaired) electrons. The van der Waals surface area contributed by atoms with Crippen LogP contribution in [0.4, 0.5) is 15.9 Å². The van der Waals surface area contributed by atoms with Crippen molar-refractivity contribution in [3.8, 4) is 11.4 Å². The van der Waals surface area contributed by atoms with Crippen molar-refractivity contribution in [2.24, 2.45) is 0 Å². The first-order chi connectivity index (χ1) is 12.2. The number of halogens is 1. The second-order valence-electron chi connectivity index (χ2n) is 5.89. The summed E-state index contributed by atoms with van der Waals surface area (Å²) >= 11 is 0. The van der Waals surface area contributed by atoms with Crippen LogP contribution in [0.15, 0.2) is 72.8 Å². The molecule has 0 fully saturated rings. The Morgan fingerprint density at radius 3 is 2.48 bits per heavy atom. The van der Waals surface area contributed by atoms with E-state index < -0.39 is 0 Å². The lowest BCUT2D eigenvalue weighted by molar-refractivity contribution is 0.632. The van der Waals surface area contributed by atoms with E-state index in [4.69, 9.17) is 0 Å². The zero-order chi connectivity index (χ0) is 17.2. The number of anilines is 2. The maximum atomic E-state index is 14.0. The predicted molar refractivity (Wildman–Crippen MR) is 99.4 cm³/mol. The molecule has 25 heavy (non-hydrogen) atoms. The first kappa shape index (κ1) is 15.3. The Bertz CT molecular complexity index is 1060. The Labute approximate surface area is 145 Å². The molecule has 0 spiro atoms. The van der Waals surface area contributed by atoms with Gasteiger partial charge in [-0.1, -0.05) is 48.0 Å². The number of rotatable bonds is 3. The van der Waals surface area contributed by atoms with E-state index >= 15 is 0 Å². The van der Waals surface area contributed by atoms with Gasteiger partial charge in [0.05, 0.1) is 11.2 Å². The van der Waals surface area contributed by atoms with Crippen LogP contribution in [0.3, 0.4) is 0 Å². The van der Waals surface area contributed by atoms with Gasteiger partial charge in [0.15, 0.2) is 5.82 Å². The van der Waals surface area contributed by atoms with Crippen LogP contribution in [0, 0.1) is 12.7 Å². The predicted octanol–water partition coefficient (Wildman–Crippen LogP) is 5.49. The second kappa shape index (κ2) is 6.32. The minimum Gasteiger partial charge on any atom is -0.337 e. The number of aromatic nitrogens is 2. The minimum absolute atomic E-state index is 0.317. The maximum absolute atomic E-state index is 14.0. The first-order valence-corrected chi connectivity index (χ1v) is 8.06. The molecule has 0 aliphatic heterocycles. The molecule has 4 aromatic rings. The van der Waals surface area contributed by atoms with Crippen LogP contribution < -0.4 is 5.32 Å². The van der Waals surface area contributed by atoms with Crippen LogP contribution >= 0.6 is 0 Å². The molecule has 1 N–H and O–H groups in total. The lowest BCUT2D eigenvalue weighted by Gasteiger charge is -2.12. The zero-order valence-corrected chi connectivity index (χ0v) is 13.7. The number of nitrogens with one attached hydrogen (secondary N) is 1. The van der Waals surface area contributed by atoms with Crippen molar-refractivity contribution in [2.45, 2.75) is 6.92 Å². The summed E-state index contributed by atoms with van der Waals surface area (Å²) in [5.41, 5.74) is 3.27. The topological polar surface area (TPSA) is 37.8 Å². The summed E-state index contributed by atoms with van der Waals surface area (Å²) in [5, 5.41) is 3.96. The highest BCUT2D eigenvalue weighted by atomic mass is 19.1. The van der Waals surface area contributed by atoms with E-state index in [-0.39, 0.29) is 5.82 Å². The molecule has 1 aromatic heterocycles. The quantitative estimate of drug-likeness (QED) is 0.540. The Kier molecular flexibility index (Phi) is 3.86. The molecule has 3 nitrogen and oxygen atoms in total. The highest BCUT2D eigenvalue weighted by molar-refractivity contribution is 5.92. The van der Waals surface area contributed by atoms with Crippen LogP contribution in [0.5, 0.6) is 0 Å². The second-order valence-corrected chi connectivity index (χ2v) is 5.89. The number of nitrogens with zero attached hydrogens (tertiary/aromatic N) is 2. The lowest BCUT2D eigenvalue weighted by Crippen LogP contribution is -2.00. The fourth-order valence-corrected chi connectivity index (χ4v) is 2.78. The summed E-state index contributed by atoms with van der Waals surface area (Å²) in [6.07, 6.45) is 0. The summed E-state index contributed by atoms with van der Waals surface area (Å²) in [6.45, 7) is 2.03. The molecule has 0 amide bonds. The van der Waals surface area contributed by atoms with Crippen molar-refractivity contribution in [1.82, 2.24) is 9.97 Å². The molecule has 4 heteroatoms. The summed E-state index contributed by atoms with van der Waals surface area (Å²) in [4.78, 5) is 9.33. The number of aryl methyl sites for hydroxylation is 1. The molecule has 0 aliphatic rings. The van der Waals surface area contributed by atoms with Gasteiger partial charge >= 0.3 is 0 Å². The van der Waals surface area contributed by atoms with Gasteiger partial charge in [0.2, 0.25) is 0 Å². The largest absolute Gasteiger partial charge is 0.337 e. The van der Waals surface area contributed by atoms with E-state index in [0.29, 0.717) is 17.3 Å². The van der Waals surface area contributed by atoms with E-state index in [1.54, 1.807) is 18.2 Å². The van der Waals surface area contributed by atoms with Crippen LogP contribution in [-0.2, 0) is 0 Å². The normalized spacial score (nSPS) is 10.8. The molecular weight excluding hydrogens is 313 g/mol. The first-order valence-electron chi connectivity index (χ1n) is 8.06. The standard InChI is InChI=1S/C21H16FN3/c1-14-7-6-8-15(13-14)20-23-18-11-4-2-9-16(18)21(25-20)24-19-12-5-3-10-17(19)22/h2-13H,1H3,(H,23,24,25). The van der Waals surface area contributed by atoms with E-state index in [1.807, 2.05) is 55.5 Å². The van der Waals surface area contributed by atoms with Crippen molar-refractivity contribution >= 4 is 22.4 Å². The van der Waals surface area contributed by atoms with Crippen LogP contribution in [0.1, 0.15) is 5.56 Å². The van der Waals surface area contributed by atoms with Crippen molar-refractivity contribution < 1.29 is 4.39 Å². The molecule has 0 bridgehead atoms. The highest BCUT2D eigenvalue weighted by Crippen LogP contribution is 2.28. The summed E-state index contributed by atoms with van der Waals surface area (Å²) in [6, 6.07) is 22.3. The van der Waals surface area contributed by atoms with Crippen LogP contribution in [0.2, 0.25) is 0 Å². The van der Waals surface area contributed by atoms with Crippen LogP contribution in [0.25, 0.3) is 22.3 Å². The SMILES string of the molecule is Cc1cccc(-c2nc(Nc3ccccc3F)c3ccccc3n2)c1. The number of benzene rings is 3. The minimum atomic E-state index is -0.317. The number of hydrogen-bond acceptors (Lipinski definition) is 3. The fourth-order valence-electron chi connectivity index (χ4n) is 2.78. The third kappa shape index (κ3) is 3.06. The van der Waals surface area contributed by atoms with Gasteiger partial charge in [0.25, 0.3) is 0 Å². The van der Waals surface area contributed by atoms with Crippen molar-refractivity contribution in [3.05, 3.63) is 84.2 Å². The monoisotopic (exact) mass is 329 g/mol. The molecular formula is C21H16FN3. The van der Waals surface area contributed by atoms with E-state index in [2.05, 4.69) is 15.3 Å². The van der Waals surface area contributed by atoms with Crippen molar-refractivity contribution in [3.63, 3.8) is 0 Å². The Morgan fingerprint density at radius 2 is 1.64 bits per heavy atom. The molecule has 0 saturated carbocycles. The third-order valence-electron chi connectivity index (χ3n) is 4.01. The van der Waals surface area contributed by atoms with Gasteiger partial charge in [-0.25, -0.2) is 14.4 Å². The van der Waals surface area contributed by atoms with E-state index in [9.17, 15) is 4.39 Å². The fraction of sp³-hybridized carbons (Fsp3) is 0.0476. The zero-order valence-electron chi connectivity index (χ0n) is 13.7. The summed E-state index contributed by atoms with van der Waals surface area (Å²) < 4.78 is 14.0. The molecule has 0 aliphatic carbocycles. The molecule has 0 atom stereocenters. The van der Waals surface area contributed by atoms with Gasteiger partial charge < -0.3 is 5.32 Å². The summed E-state index contributed by atoms with van der Waals surface area (Å²) in [7, 11) is 0. The van der Waals surface area contributed by atoms with Crippen molar-refractivity contribution in [1.29, 1.82) is 0 Å². The van der Waals surface area contributed by atoms with Gasteiger partial charge in [-0.15, -0.1) is 0 Å². The molecule has 3 aromatic carbocycles. The average Bonchev–Trinajstić information content (AvgIpc) is 2.63. The van der Waals surface area contributed by atoms with E-state index in [1.165, 1.54) is 6.07 Å². The molecule has 0 saturated heterocycles. The average molecular weight is 329 g/mol. The van der Waals surface area contributed by atoms with Gasteiger partial charge in [0.1, 0.15) is 11.6 Å². The smallest absolute Gasteiger partial charge is 0.162 e. The Balaban J connectivity index is 1.89. The third-order valence-corrected chi connectivity index (χ3v) is 4.01. The van der Waals surface area contributed by atoms with Gasteiger partial charge in [-0.3, -0.25) is 0 Å². The van der Waals surface area contributed by atoms with Gasteiger partial charge in [0, 0.05) is 10.9 Å². The van der Waals surface area contributed by atoms with Crippen LogP contribution in [-0.4, -0.2) is 9.97 Å². The number of para-hydroxylation sites is 2. The molecule has 122 valence electrons. The molecule has 0 unspecified atom stereocenters. The van der Waals surface area contributed by atoms with Crippen molar-refractivity contribution in [2.75, 3.05) is 5.32 Å². The Hall–Kier alpha value is -3.27. The van der Waals surface area contributed by atoms with Gasteiger partial charge in [-0.2, -0.15) is 0 Å². The Morgan fingerprint density at radius 1 is 0.840 bits per heavy atom.